The van der Waals surface area contributed by atoms with Crippen molar-refractivity contribution in [2.45, 2.75) is 32.6 Å². The van der Waals surface area contributed by atoms with E-state index in [1.807, 2.05) is 12.2 Å². The summed E-state index contributed by atoms with van der Waals surface area (Å²) in [6.45, 7) is 12.9. The number of likely N-dealkylation sites (tertiary alicyclic amines) is 1. The van der Waals surface area contributed by atoms with Gasteiger partial charge in [-0.1, -0.05) is 37.4 Å². The lowest BCUT2D eigenvalue weighted by molar-refractivity contribution is -0.122. The highest BCUT2D eigenvalue weighted by atomic mass is 16.1. The third kappa shape index (κ3) is 4.36. The number of anilines is 1. The molecule has 2 aliphatic heterocycles. The number of carbonyl (C=O) groups is 1. The predicted molar refractivity (Wildman–Crippen MR) is 119 cm³/mol. The molecule has 2 heterocycles. The highest BCUT2D eigenvalue weighted by Gasteiger charge is 2.23. The van der Waals surface area contributed by atoms with E-state index in [1.54, 1.807) is 6.92 Å². The van der Waals surface area contributed by atoms with Crippen molar-refractivity contribution in [3.8, 4) is 0 Å². The van der Waals surface area contributed by atoms with Gasteiger partial charge in [0.1, 0.15) is 5.78 Å². The minimum atomic E-state index is 0.224. The Hall–Kier alpha value is -2.39. The molecular formula is C25H32N2O. The number of likely N-dealkylation sites (N-methyl/N-ethyl adjacent to an activating group) is 1. The van der Waals surface area contributed by atoms with Gasteiger partial charge in [0.25, 0.3) is 0 Å². The van der Waals surface area contributed by atoms with Crippen molar-refractivity contribution in [2.75, 3.05) is 31.6 Å². The number of rotatable bonds is 7. The fourth-order valence-corrected chi connectivity index (χ4v) is 4.43. The SMILES string of the molecule is C=CC1=C(C=C)N(C)c2ccccc2C=C1CCCN1CCCC(C(C)=O)C1. The van der Waals surface area contributed by atoms with Crippen LogP contribution in [-0.2, 0) is 4.79 Å². The number of para-hydroxylation sites is 1. The van der Waals surface area contributed by atoms with Crippen molar-refractivity contribution in [2.24, 2.45) is 5.92 Å². The topological polar surface area (TPSA) is 23.6 Å². The Bertz CT molecular complexity index is 818. The van der Waals surface area contributed by atoms with Gasteiger partial charge in [0, 0.05) is 36.5 Å². The molecule has 0 aliphatic carbocycles. The van der Waals surface area contributed by atoms with Crippen LogP contribution in [-0.4, -0.2) is 37.4 Å². The number of nitrogens with zero attached hydrogens (tertiary/aromatic N) is 2. The minimum absolute atomic E-state index is 0.224. The molecule has 0 aromatic heterocycles. The van der Waals surface area contributed by atoms with E-state index in [0.29, 0.717) is 5.78 Å². The van der Waals surface area contributed by atoms with Crippen LogP contribution < -0.4 is 4.90 Å². The standard InChI is InChI=1S/C25H32N2O/c1-5-23-20(12-9-15-27-16-10-13-22(18-27)19(3)28)17-21-11-7-8-14-25(21)26(4)24(23)6-2/h5-8,11,14,17,22H,1-2,9-10,12-13,15-16,18H2,3-4H3. The summed E-state index contributed by atoms with van der Waals surface area (Å²) in [5.41, 5.74) is 5.98. The number of allylic oxidation sites excluding steroid dienone is 4. The third-order valence-electron chi connectivity index (χ3n) is 6.01. The Labute approximate surface area is 169 Å². The molecule has 1 aromatic carbocycles. The maximum absolute atomic E-state index is 11.7. The fourth-order valence-electron chi connectivity index (χ4n) is 4.43. The van der Waals surface area contributed by atoms with Crippen LogP contribution in [0, 0.1) is 5.92 Å². The van der Waals surface area contributed by atoms with Crippen molar-refractivity contribution in [3.05, 3.63) is 72.0 Å². The molecule has 1 atom stereocenters. The molecule has 148 valence electrons. The lowest BCUT2D eigenvalue weighted by atomic mass is 9.93. The van der Waals surface area contributed by atoms with Gasteiger partial charge in [-0.15, -0.1) is 0 Å². The van der Waals surface area contributed by atoms with E-state index in [-0.39, 0.29) is 5.92 Å². The summed E-state index contributed by atoms with van der Waals surface area (Å²) in [7, 11) is 2.09. The Kier molecular flexibility index (Phi) is 6.69. The number of benzene rings is 1. The molecule has 0 spiro atoms. The zero-order valence-electron chi connectivity index (χ0n) is 17.3. The van der Waals surface area contributed by atoms with Crippen molar-refractivity contribution < 1.29 is 4.79 Å². The van der Waals surface area contributed by atoms with Gasteiger partial charge in [0.2, 0.25) is 0 Å². The summed E-state index contributed by atoms with van der Waals surface area (Å²) in [6.07, 6.45) is 10.4. The third-order valence-corrected chi connectivity index (χ3v) is 6.01. The van der Waals surface area contributed by atoms with E-state index in [4.69, 9.17) is 0 Å². The minimum Gasteiger partial charge on any atom is -0.344 e. The van der Waals surface area contributed by atoms with E-state index >= 15 is 0 Å². The molecule has 1 unspecified atom stereocenters. The number of piperidine rings is 1. The Morgan fingerprint density at radius 1 is 1.25 bits per heavy atom. The summed E-state index contributed by atoms with van der Waals surface area (Å²) in [5.74, 6) is 0.561. The second kappa shape index (κ2) is 9.20. The van der Waals surface area contributed by atoms with E-state index in [2.05, 4.69) is 60.3 Å². The lowest BCUT2D eigenvalue weighted by Crippen LogP contribution is -2.38. The first-order valence-corrected chi connectivity index (χ1v) is 10.3. The summed E-state index contributed by atoms with van der Waals surface area (Å²) in [5, 5.41) is 0. The largest absolute Gasteiger partial charge is 0.344 e. The van der Waals surface area contributed by atoms with Gasteiger partial charge in [0.05, 0.1) is 0 Å². The second-order valence-corrected chi connectivity index (χ2v) is 7.85. The van der Waals surface area contributed by atoms with Crippen molar-refractivity contribution >= 4 is 17.5 Å². The van der Waals surface area contributed by atoms with Crippen LogP contribution in [0.4, 0.5) is 5.69 Å². The molecule has 0 N–H and O–H groups in total. The normalized spacial score (nSPS) is 20.3. The lowest BCUT2D eigenvalue weighted by Gasteiger charge is -2.31. The second-order valence-electron chi connectivity index (χ2n) is 7.85. The average Bonchev–Trinajstić information content (AvgIpc) is 2.82. The highest BCUT2D eigenvalue weighted by Crippen LogP contribution is 2.35. The first kappa shape index (κ1) is 20.3. The molecule has 0 bridgehead atoms. The van der Waals surface area contributed by atoms with Crippen LogP contribution in [0.2, 0.25) is 0 Å². The molecule has 28 heavy (non-hydrogen) atoms. The molecule has 1 aromatic rings. The zero-order valence-corrected chi connectivity index (χ0v) is 17.3. The Morgan fingerprint density at radius 2 is 2.04 bits per heavy atom. The van der Waals surface area contributed by atoms with Crippen molar-refractivity contribution in [1.29, 1.82) is 0 Å². The van der Waals surface area contributed by atoms with E-state index in [9.17, 15) is 4.79 Å². The van der Waals surface area contributed by atoms with Crippen LogP contribution in [0.5, 0.6) is 0 Å². The molecule has 3 heteroatoms. The van der Waals surface area contributed by atoms with Crippen molar-refractivity contribution in [1.82, 2.24) is 4.90 Å². The van der Waals surface area contributed by atoms with Gasteiger partial charge in [-0.05, 0) is 75.1 Å². The molecular weight excluding hydrogens is 344 g/mol. The monoisotopic (exact) mass is 376 g/mol. The average molecular weight is 377 g/mol. The van der Waals surface area contributed by atoms with Crippen LogP contribution in [0.15, 0.2) is 66.4 Å². The molecule has 0 radical (unpaired) electrons. The first-order chi connectivity index (χ1) is 13.5. The van der Waals surface area contributed by atoms with Gasteiger partial charge < -0.3 is 9.80 Å². The Balaban J connectivity index is 1.76. The molecule has 3 rings (SSSR count). The molecule has 2 aliphatic rings. The van der Waals surface area contributed by atoms with Crippen LogP contribution >= 0.6 is 0 Å². The number of hydrogen-bond acceptors (Lipinski definition) is 3. The van der Waals surface area contributed by atoms with Gasteiger partial charge in [-0.25, -0.2) is 0 Å². The summed E-state index contributed by atoms with van der Waals surface area (Å²) < 4.78 is 0. The van der Waals surface area contributed by atoms with E-state index in [0.717, 1.165) is 56.6 Å². The molecule has 1 saturated heterocycles. The van der Waals surface area contributed by atoms with Crippen LogP contribution in [0.25, 0.3) is 6.08 Å². The van der Waals surface area contributed by atoms with Crippen LogP contribution in [0.1, 0.15) is 38.2 Å². The quantitative estimate of drug-likeness (QED) is 0.651. The molecule has 3 nitrogen and oxygen atoms in total. The number of Topliss-reactive ketones (excluding diaryl/α,β-unsaturated/α-hetero) is 1. The maximum Gasteiger partial charge on any atom is 0.134 e. The number of carbonyl (C=O) groups excluding carboxylic acids is 1. The summed E-state index contributed by atoms with van der Waals surface area (Å²) in [6, 6.07) is 8.47. The molecule has 1 fully saturated rings. The van der Waals surface area contributed by atoms with Crippen LogP contribution in [0.3, 0.4) is 0 Å². The zero-order chi connectivity index (χ0) is 20.1. The number of hydrogen-bond donors (Lipinski definition) is 0. The van der Waals surface area contributed by atoms with Gasteiger partial charge in [-0.3, -0.25) is 4.79 Å². The maximum atomic E-state index is 11.7. The number of ketones is 1. The van der Waals surface area contributed by atoms with E-state index < -0.39 is 0 Å². The summed E-state index contributed by atoms with van der Waals surface area (Å²) in [4.78, 5) is 16.4. The molecule has 0 amide bonds. The van der Waals surface area contributed by atoms with Crippen molar-refractivity contribution in [3.63, 3.8) is 0 Å². The predicted octanol–water partition coefficient (Wildman–Crippen LogP) is 5.23. The van der Waals surface area contributed by atoms with E-state index in [1.165, 1.54) is 16.8 Å². The smallest absolute Gasteiger partial charge is 0.134 e. The molecule has 0 saturated carbocycles. The Morgan fingerprint density at radius 3 is 2.75 bits per heavy atom. The highest BCUT2D eigenvalue weighted by molar-refractivity contribution is 5.79. The number of fused-ring (bicyclic) bond motifs is 1. The fraction of sp³-hybridized carbons (Fsp3) is 0.400. The first-order valence-electron chi connectivity index (χ1n) is 10.3. The van der Waals surface area contributed by atoms with Gasteiger partial charge in [-0.2, -0.15) is 0 Å². The van der Waals surface area contributed by atoms with Gasteiger partial charge >= 0.3 is 0 Å². The summed E-state index contributed by atoms with van der Waals surface area (Å²) >= 11 is 0. The van der Waals surface area contributed by atoms with Gasteiger partial charge in [0.15, 0.2) is 0 Å².